The van der Waals surface area contributed by atoms with E-state index in [4.69, 9.17) is 4.74 Å². The van der Waals surface area contributed by atoms with Gasteiger partial charge in [-0.05, 0) is 36.8 Å². The van der Waals surface area contributed by atoms with Gasteiger partial charge in [0.25, 0.3) is 0 Å². The Morgan fingerprint density at radius 1 is 0.935 bits per heavy atom. The fraction of sp³-hybridized carbons (Fsp3) is 0.389. The van der Waals surface area contributed by atoms with E-state index in [9.17, 15) is 44.3 Å². The van der Waals surface area contributed by atoms with E-state index in [1.54, 1.807) is 0 Å². The van der Waals surface area contributed by atoms with Gasteiger partial charge in [0.2, 0.25) is 0 Å². The lowest BCUT2D eigenvalue weighted by Crippen LogP contribution is -2.25. The molecule has 1 aliphatic rings. The van der Waals surface area contributed by atoms with Crippen LogP contribution < -0.4 is 0 Å². The van der Waals surface area contributed by atoms with Gasteiger partial charge in [0.15, 0.2) is 0 Å². The fourth-order valence-corrected chi connectivity index (χ4v) is 3.19. The second kappa shape index (κ2) is 7.38. The van der Waals surface area contributed by atoms with Crippen molar-refractivity contribution >= 4 is 6.09 Å². The summed E-state index contributed by atoms with van der Waals surface area (Å²) in [6.45, 7) is 0.195. The maximum atomic E-state index is 13.1. The normalized spacial score (nSPS) is 17.9. The SMILES string of the molecule is Cc1cc(C(F)(F)F)c(CN2CC(c3cc(C(F)(F)F)cc(C(F)(F)F)c3)OC2=O)[nH]1. The van der Waals surface area contributed by atoms with E-state index in [0.29, 0.717) is 12.1 Å². The highest BCUT2D eigenvalue weighted by Crippen LogP contribution is 2.40. The van der Waals surface area contributed by atoms with Gasteiger partial charge in [-0.3, -0.25) is 4.90 Å². The predicted molar refractivity (Wildman–Crippen MR) is 86.6 cm³/mol. The van der Waals surface area contributed by atoms with Gasteiger partial charge in [-0.2, -0.15) is 39.5 Å². The molecule has 0 aliphatic carbocycles. The van der Waals surface area contributed by atoms with Crippen LogP contribution in [-0.4, -0.2) is 22.5 Å². The number of hydrogen-bond acceptors (Lipinski definition) is 2. The minimum absolute atomic E-state index is 0.0741. The standard InChI is InChI=1S/C18H13F9N2O2/c1-8-2-12(18(25,26)27)13(28-8)6-29-7-14(31-15(29)30)9-3-10(16(19,20)21)5-11(4-9)17(22,23)24/h2-5,14,28H,6-7H2,1H3. The molecule has 0 radical (unpaired) electrons. The van der Waals surface area contributed by atoms with E-state index in [1.807, 2.05) is 0 Å². The largest absolute Gasteiger partial charge is 0.439 e. The molecular weight excluding hydrogens is 447 g/mol. The zero-order valence-electron chi connectivity index (χ0n) is 15.5. The number of nitrogens with one attached hydrogen (secondary N) is 1. The van der Waals surface area contributed by atoms with E-state index in [0.717, 1.165) is 11.0 Å². The molecule has 13 heteroatoms. The molecule has 3 rings (SSSR count). The zero-order chi connectivity index (χ0) is 23.4. The summed E-state index contributed by atoms with van der Waals surface area (Å²) in [7, 11) is 0. The summed E-state index contributed by atoms with van der Waals surface area (Å²) >= 11 is 0. The number of amides is 1. The molecule has 1 unspecified atom stereocenters. The van der Waals surface area contributed by atoms with Crippen molar-refractivity contribution in [2.24, 2.45) is 0 Å². The first kappa shape index (κ1) is 22.8. The van der Waals surface area contributed by atoms with Gasteiger partial charge in [-0.25, -0.2) is 4.79 Å². The van der Waals surface area contributed by atoms with Crippen LogP contribution >= 0.6 is 0 Å². The molecule has 1 aromatic heterocycles. The summed E-state index contributed by atoms with van der Waals surface area (Å²) in [6, 6.07) is 1.57. The molecule has 1 aliphatic heterocycles. The Labute approximate surface area is 168 Å². The summed E-state index contributed by atoms with van der Waals surface area (Å²) in [5, 5.41) is 0. The number of rotatable bonds is 3. The third-order valence-electron chi connectivity index (χ3n) is 4.56. The molecule has 0 saturated carbocycles. The molecule has 1 atom stereocenters. The van der Waals surface area contributed by atoms with Crippen LogP contribution in [0.3, 0.4) is 0 Å². The lowest BCUT2D eigenvalue weighted by Gasteiger charge is -2.17. The van der Waals surface area contributed by atoms with E-state index in [2.05, 4.69) is 4.98 Å². The molecular formula is C18H13F9N2O2. The number of halogens is 9. The number of cyclic esters (lactones) is 1. The first-order valence-corrected chi connectivity index (χ1v) is 8.56. The van der Waals surface area contributed by atoms with Gasteiger partial charge in [-0.15, -0.1) is 0 Å². The average Bonchev–Trinajstić information content (AvgIpc) is 3.16. The summed E-state index contributed by atoms with van der Waals surface area (Å²) in [5.74, 6) is 0. The number of carbonyl (C=O) groups is 1. The third kappa shape index (κ3) is 4.90. The molecule has 1 fully saturated rings. The number of nitrogens with zero attached hydrogens (tertiary/aromatic N) is 1. The Morgan fingerprint density at radius 2 is 1.48 bits per heavy atom. The van der Waals surface area contributed by atoms with Crippen molar-refractivity contribution in [3.8, 4) is 0 Å². The zero-order valence-corrected chi connectivity index (χ0v) is 15.5. The van der Waals surface area contributed by atoms with Gasteiger partial charge in [0.1, 0.15) is 6.10 Å². The predicted octanol–water partition coefficient (Wildman–Crippen LogP) is 6.07. The minimum atomic E-state index is -5.10. The lowest BCUT2D eigenvalue weighted by molar-refractivity contribution is -0.143. The molecule has 170 valence electrons. The average molecular weight is 460 g/mol. The number of aryl methyl sites for hydroxylation is 1. The van der Waals surface area contributed by atoms with Crippen molar-refractivity contribution in [2.45, 2.75) is 38.1 Å². The molecule has 2 heterocycles. The van der Waals surface area contributed by atoms with Crippen LogP contribution in [0.25, 0.3) is 0 Å². The van der Waals surface area contributed by atoms with E-state index >= 15 is 0 Å². The maximum Gasteiger partial charge on any atom is 0.418 e. The highest BCUT2D eigenvalue weighted by molar-refractivity contribution is 5.70. The summed E-state index contributed by atoms with van der Waals surface area (Å²) in [6.07, 6.45) is -17.6. The van der Waals surface area contributed by atoms with Gasteiger partial charge in [0.05, 0.1) is 29.8 Å². The maximum absolute atomic E-state index is 13.1. The van der Waals surface area contributed by atoms with Crippen molar-refractivity contribution in [3.05, 3.63) is 57.9 Å². The molecule has 1 N–H and O–H groups in total. The summed E-state index contributed by atoms with van der Waals surface area (Å²) in [4.78, 5) is 15.3. The molecule has 1 saturated heterocycles. The van der Waals surface area contributed by atoms with Crippen molar-refractivity contribution in [2.75, 3.05) is 6.54 Å². The van der Waals surface area contributed by atoms with Crippen molar-refractivity contribution in [1.82, 2.24) is 9.88 Å². The van der Waals surface area contributed by atoms with Crippen LogP contribution in [0.2, 0.25) is 0 Å². The van der Waals surface area contributed by atoms with Crippen molar-refractivity contribution in [3.63, 3.8) is 0 Å². The van der Waals surface area contributed by atoms with E-state index in [1.165, 1.54) is 6.92 Å². The van der Waals surface area contributed by atoms with E-state index < -0.39 is 66.1 Å². The van der Waals surface area contributed by atoms with Gasteiger partial charge >= 0.3 is 24.6 Å². The second-order valence-corrected chi connectivity index (χ2v) is 6.93. The van der Waals surface area contributed by atoms with Crippen LogP contribution in [0.15, 0.2) is 24.3 Å². The monoisotopic (exact) mass is 460 g/mol. The van der Waals surface area contributed by atoms with E-state index in [-0.39, 0.29) is 17.5 Å². The highest BCUT2D eigenvalue weighted by atomic mass is 19.4. The van der Waals surface area contributed by atoms with Crippen LogP contribution in [0.5, 0.6) is 0 Å². The third-order valence-corrected chi connectivity index (χ3v) is 4.56. The van der Waals surface area contributed by atoms with Gasteiger partial charge < -0.3 is 9.72 Å². The first-order valence-electron chi connectivity index (χ1n) is 8.56. The Bertz CT molecular complexity index is 957. The smallest absolute Gasteiger partial charge is 0.418 e. The number of benzene rings is 1. The first-order chi connectivity index (χ1) is 14.1. The topological polar surface area (TPSA) is 45.3 Å². The summed E-state index contributed by atoms with van der Waals surface area (Å²) < 4.78 is 122. The number of aromatic nitrogens is 1. The fourth-order valence-electron chi connectivity index (χ4n) is 3.19. The Hall–Kier alpha value is -2.86. The van der Waals surface area contributed by atoms with Crippen molar-refractivity contribution in [1.29, 1.82) is 0 Å². The number of H-pyrrole nitrogens is 1. The highest BCUT2D eigenvalue weighted by Gasteiger charge is 2.41. The quantitative estimate of drug-likeness (QED) is 0.565. The molecule has 4 nitrogen and oxygen atoms in total. The second-order valence-electron chi connectivity index (χ2n) is 6.93. The molecule has 1 aromatic carbocycles. The Morgan fingerprint density at radius 3 is 1.97 bits per heavy atom. The summed E-state index contributed by atoms with van der Waals surface area (Å²) in [5.41, 5.74) is -5.03. The number of hydrogen-bond donors (Lipinski definition) is 1. The van der Waals surface area contributed by atoms with Gasteiger partial charge in [-0.1, -0.05) is 0 Å². The van der Waals surface area contributed by atoms with Crippen molar-refractivity contribution < 1.29 is 49.0 Å². The molecule has 0 spiro atoms. The molecule has 1 amide bonds. The Balaban J connectivity index is 1.90. The van der Waals surface area contributed by atoms with Crippen LogP contribution in [0.1, 0.15) is 39.7 Å². The van der Waals surface area contributed by atoms with Crippen LogP contribution in [0.4, 0.5) is 44.3 Å². The lowest BCUT2D eigenvalue weighted by atomic mass is 10.0. The minimum Gasteiger partial charge on any atom is -0.439 e. The molecule has 2 aromatic rings. The van der Waals surface area contributed by atoms with Crippen LogP contribution in [0, 0.1) is 6.92 Å². The Kier molecular flexibility index (Phi) is 5.43. The molecule has 31 heavy (non-hydrogen) atoms. The number of alkyl halides is 9. The van der Waals surface area contributed by atoms with Crippen LogP contribution in [-0.2, 0) is 29.8 Å². The van der Waals surface area contributed by atoms with Gasteiger partial charge in [0, 0.05) is 11.4 Å². The number of ether oxygens (including phenoxy) is 1. The number of carbonyl (C=O) groups excluding carboxylic acids is 1. The number of aromatic amines is 1. The molecule has 0 bridgehead atoms.